The van der Waals surface area contributed by atoms with Crippen LogP contribution in [0.3, 0.4) is 0 Å². The number of benzene rings is 3. The number of nitrogens with zero attached hydrogens (tertiary/aromatic N) is 1. The summed E-state index contributed by atoms with van der Waals surface area (Å²) in [7, 11) is 1.50. The zero-order chi connectivity index (χ0) is 25.1. The molecule has 0 aliphatic carbocycles. The van der Waals surface area contributed by atoms with Crippen molar-refractivity contribution in [1.82, 2.24) is 0 Å². The van der Waals surface area contributed by atoms with Crippen molar-refractivity contribution < 1.29 is 58.5 Å². The Hall–Kier alpha value is -2.42. The summed E-state index contributed by atoms with van der Waals surface area (Å²) in [4.78, 5) is 26.2. The molecule has 3 aromatic carbocycles. The first-order valence-corrected chi connectivity index (χ1v) is 11.7. The van der Waals surface area contributed by atoms with Crippen molar-refractivity contribution in [2.75, 3.05) is 25.2 Å². The number of methoxy groups -OCH3 is 1. The molecule has 36 heavy (non-hydrogen) atoms. The maximum atomic E-state index is 13.3. The van der Waals surface area contributed by atoms with Crippen LogP contribution in [0.2, 0.25) is 10.0 Å². The largest absolute Gasteiger partial charge is 1.00 e. The van der Waals surface area contributed by atoms with Crippen LogP contribution in [0.5, 0.6) is 23.0 Å². The molecule has 0 saturated carbocycles. The summed E-state index contributed by atoms with van der Waals surface area (Å²) >= 11 is 12.7. The summed E-state index contributed by atoms with van der Waals surface area (Å²) in [5, 5.41) is 12.0. The summed E-state index contributed by atoms with van der Waals surface area (Å²) in [5.41, 5.74) is 1.46. The van der Waals surface area contributed by atoms with Crippen LogP contribution in [-0.4, -0.2) is 32.1 Å². The number of ether oxygens (including phenoxy) is 3. The van der Waals surface area contributed by atoms with E-state index in [4.69, 9.17) is 37.4 Å². The summed E-state index contributed by atoms with van der Waals surface area (Å²) in [5.74, 6) is -0.548. The van der Waals surface area contributed by atoms with Gasteiger partial charge in [-0.1, -0.05) is 35.3 Å². The number of aliphatic carboxylic acids is 1. The number of rotatable bonds is 7. The average Bonchev–Trinajstić information content (AvgIpc) is 2.85. The van der Waals surface area contributed by atoms with E-state index < -0.39 is 11.9 Å². The van der Waals surface area contributed by atoms with Crippen LogP contribution >= 0.6 is 23.2 Å². The second-order valence-corrected chi connectivity index (χ2v) is 8.61. The van der Waals surface area contributed by atoms with Gasteiger partial charge in [-0.25, -0.2) is 0 Å². The van der Waals surface area contributed by atoms with E-state index >= 15 is 0 Å². The smallest absolute Gasteiger partial charge is 0.549 e. The number of fused-ring (bicyclic) bond motifs is 1. The predicted octanol–water partition coefficient (Wildman–Crippen LogP) is 2.08. The van der Waals surface area contributed by atoms with Gasteiger partial charge in [-0.15, -0.1) is 0 Å². The Morgan fingerprint density at radius 1 is 1.11 bits per heavy atom. The molecule has 1 amide bonds. The molecule has 0 bridgehead atoms. The summed E-state index contributed by atoms with van der Waals surface area (Å²) < 4.78 is 16.9. The minimum Gasteiger partial charge on any atom is -0.549 e. The molecule has 3 aromatic rings. The Morgan fingerprint density at radius 3 is 2.56 bits per heavy atom. The van der Waals surface area contributed by atoms with Crippen molar-refractivity contribution in [2.45, 2.75) is 19.3 Å². The van der Waals surface area contributed by atoms with Gasteiger partial charge in [0.05, 0.1) is 29.4 Å². The van der Waals surface area contributed by atoms with Crippen LogP contribution in [0.1, 0.15) is 35.2 Å². The third-order valence-corrected chi connectivity index (χ3v) is 6.31. The molecule has 0 N–H and O–H groups in total. The van der Waals surface area contributed by atoms with Crippen LogP contribution in [-0.2, 0) is 4.79 Å². The number of carboxylic acid groups (broad SMARTS) is 1. The monoisotopic (exact) mass is 537 g/mol. The minimum absolute atomic E-state index is 0. The molecular formula is C26H22Cl2NNaO6. The zero-order valence-electron chi connectivity index (χ0n) is 20.0. The quantitative estimate of drug-likeness (QED) is 0.429. The Labute approximate surface area is 241 Å². The first-order chi connectivity index (χ1) is 16.8. The van der Waals surface area contributed by atoms with Crippen molar-refractivity contribution in [1.29, 1.82) is 0 Å². The van der Waals surface area contributed by atoms with Gasteiger partial charge >= 0.3 is 29.6 Å². The SMILES string of the molecule is CCN(C(=O)c1ccc(Oc2ccc3c(c2)OCCC3C(=O)[O-])c(Cl)c1)c1cccc(Cl)c1OC.[Na+]. The predicted molar refractivity (Wildman–Crippen MR) is 131 cm³/mol. The number of anilines is 1. The van der Waals surface area contributed by atoms with E-state index in [0.29, 0.717) is 57.8 Å². The third kappa shape index (κ3) is 5.76. The Balaban J connectivity index is 0.00000361. The minimum atomic E-state index is -1.14. The number of amides is 1. The Bertz CT molecular complexity index is 1290. The first kappa shape index (κ1) is 28.2. The summed E-state index contributed by atoms with van der Waals surface area (Å²) in [6.07, 6.45) is 0.354. The fourth-order valence-electron chi connectivity index (χ4n) is 4.01. The van der Waals surface area contributed by atoms with Gasteiger partial charge < -0.3 is 29.0 Å². The third-order valence-electron chi connectivity index (χ3n) is 5.72. The van der Waals surface area contributed by atoms with Gasteiger partial charge in [-0.2, -0.15) is 0 Å². The standard InChI is InChI=1S/C26H23Cl2NO6.Na/c1-3-29(21-6-4-5-19(27)24(21)33-2)25(30)15-7-10-22(20(28)13-15)35-16-8-9-17-18(26(31)32)11-12-34-23(17)14-16;/h4-10,13-14,18H,3,11-12H2,1-2H3,(H,31,32);/q;+1/p-1. The van der Waals surface area contributed by atoms with Gasteiger partial charge in [0.2, 0.25) is 0 Å². The van der Waals surface area contributed by atoms with E-state index in [0.717, 1.165) is 0 Å². The molecule has 0 aromatic heterocycles. The number of carbonyl (C=O) groups excluding carboxylic acids is 2. The number of para-hydroxylation sites is 1. The van der Waals surface area contributed by atoms with Crippen LogP contribution in [0.15, 0.2) is 54.6 Å². The maximum Gasteiger partial charge on any atom is 1.00 e. The van der Waals surface area contributed by atoms with E-state index in [9.17, 15) is 14.7 Å². The molecular weight excluding hydrogens is 516 g/mol. The van der Waals surface area contributed by atoms with E-state index in [1.54, 1.807) is 53.4 Å². The van der Waals surface area contributed by atoms with E-state index in [1.807, 2.05) is 6.92 Å². The van der Waals surface area contributed by atoms with Crippen molar-refractivity contribution >= 4 is 40.8 Å². The molecule has 0 fully saturated rings. The van der Waals surface area contributed by atoms with Crippen LogP contribution in [0.4, 0.5) is 5.69 Å². The van der Waals surface area contributed by atoms with Crippen molar-refractivity contribution in [3.05, 3.63) is 75.8 Å². The summed E-state index contributed by atoms with van der Waals surface area (Å²) in [6.45, 7) is 2.51. The van der Waals surface area contributed by atoms with Gasteiger partial charge in [0.15, 0.2) is 5.75 Å². The molecule has 7 nitrogen and oxygen atoms in total. The molecule has 1 heterocycles. The number of hydrogen-bond acceptors (Lipinski definition) is 6. The second kappa shape index (κ2) is 12.2. The van der Waals surface area contributed by atoms with Crippen LogP contribution in [0, 0.1) is 0 Å². The van der Waals surface area contributed by atoms with Gasteiger partial charge in [-0.05, 0) is 49.7 Å². The molecule has 1 aliphatic rings. The molecule has 1 unspecified atom stereocenters. The number of carboxylic acids is 1. The Kier molecular flexibility index (Phi) is 9.55. The molecule has 10 heteroatoms. The van der Waals surface area contributed by atoms with E-state index in [2.05, 4.69) is 0 Å². The number of hydrogen-bond donors (Lipinski definition) is 0. The van der Waals surface area contributed by atoms with Gasteiger partial charge in [0.25, 0.3) is 5.91 Å². The van der Waals surface area contributed by atoms with E-state index in [-0.39, 0.29) is 47.1 Å². The van der Waals surface area contributed by atoms with Crippen molar-refractivity contribution in [3.8, 4) is 23.0 Å². The summed E-state index contributed by atoms with van der Waals surface area (Å²) in [6, 6.07) is 14.8. The van der Waals surface area contributed by atoms with Crippen LogP contribution < -0.4 is 53.8 Å². The normalized spacial score (nSPS) is 14.1. The van der Waals surface area contributed by atoms with Gasteiger partial charge in [-0.3, -0.25) is 4.79 Å². The average molecular weight is 538 g/mol. The van der Waals surface area contributed by atoms with E-state index in [1.165, 1.54) is 13.2 Å². The molecule has 0 spiro atoms. The maximum absolute atomic E-state index is 13.3. The zero-order valence-corrected chi connectivity index (χ0v) is 23.6. The molecule has 1 aliphatic heterocycles. The molecule has 0 saturated heterocycles. The van der Waals surface area contributed by atoms with Crippen LogP contribution in [0.25, 0.3) is 0 Å². The van der Waals surface area contributed by atoms with Crippen molar-refractivity contribution in [2.24, 2.45) is 0 Å². The Morgan fingerprint density at radius 2 is 1.89 bits per heavy atom. The van der Waals surface area contributed by atoms with Gasteiger partial charge in [0.1, 0.15) is 17.2 Å². The van der Waals surface area contributed by atoms with Crippen molar-refractivity contribution in [3.63, 3.8) is 0 Å². The second-order valence-electron chi connectivity index (χ2n) is 7.80. The molecule has 182 valence electrons. The first-order valence-electron chi connectivity index (χ1n) is 10.9. The molecule has 0 radical (unpaired) electrons. The number of carbonyl (C=O) groups is 2. The van der Waals surface area contributed by atoms with Gasteiger partial charge in [0, 0.05) is 35.6 Å². The fourth-order valence-corrected chi connectivity index (χ4v) is 4.48. The molecule has 4 rings (SSSR count). The molecule has 1 atom stereocenters. The number of halogens is 2. The fraction of sp³-hybridized carbons (Fsp3) is 0.231. The topological polar surface area (TPSA) is 88.1 Å².